The van der Waals surface area contributed by atoms with Crippen LogP contribution >= 0.6 is 0 Å². The maximum atomic E-state index is 13.3. The predicted octanol–water partition coefficient (Wildman–Crippen LogP) is 7.38. The van der Waals surface area contributed by atoms with Crippen LogP contribution in [-0.2, 0) is 25.4 Å². The molecule has 1 heterocycles. The lowest BCUT2D eigenvalue weighted by Crippen LogP contribution is -2.29. The Morgan fingerprint density at radius 3 is 2.16 bits per heavy atom. The fraction of sp³-hybridized carbons (Fsp3) is 0.407. The summed E-state index contributed by atoms with van der Waals surface area (Å²) in [5, 5.41) is 10.6. The quantitative estimate of drug-likeness (QED) is 0.168. The number of pyridine rings is 1. The molecule has 0 saturated heterocycles. The van der Waals surface area contributed by atoms with E-state index in [4.69, 9.17) is 4.98 Å². The predicted molar refractivity (Wildman–Crippen MR) is 128 cm³/mol. The lowest BCUT2D eigenvalue weighted by Gasteiger charge is -2.27. The molecule has 37 heavy (non-hydrogen) atoms. The molecule has 0 amide bonds. The van der Waals surface area contributed by atoms with E-state index in [1.807, 2.05) is 43.4 Å². The van der Waals surface area contributed by atoms with Crippen molar-refractivity contribution in [2.24, 2.45) is 5.92 Å². The molecule has 0 aliphatic heterocycles. The Bertz CT molecular complexity index is 1260. The van der Waals surface area contributed by atoms with Crippen LogP contribution in [0.4, 0.5) is 32.2 Å². The Kier molecular flexibility index (Phi) is 7.53. The molecule has 2 aromatic carbocycles. The van der Waals surface area contributed by atoms with Crippen molar-refractivity contribution in [1.82, 2.24) is 9.88 Å². The lowest BCUT2D eigenvalue weighted by molar-refractivity contribution is -0.143. The topological polar surface area (TPSA) is 43.2 Å². The maximum absolute atomic E-state index is 13.3. The van der Waals surface area contributed by atoms with E-state index in [2.05, 4.69) is 4.90 Å². The van der Waals surface area contributed by atoms with Crippen LogP contribution < -0.4 is 4.90 Å². The van der Waals surface area contributed by atoms with Gasteiger partial charge in [0, 0.05) is 24.0 Å². The maximum Gasteiger partial charge on any atom is 0.416 e. The average molecular weight is 521 g/mol. The first-order valence-corrected chi connectivity index (χ1v) is 12.0. The first-order chi connectivity index (χ1) is 17.5. The van der Waals surface area contributed by atoms with Gasteiger partial charge in [0.2, 0.25) is 0 Å². The summed E-state index contributed by atoms with van der Waals surface area (Å²) in [5.74, 6) is 1.25. The molecule has 0 radical (unpaired) electrons. The Balaban J connectivity index is 1.70. The molecule has 1 aliphatic carbocycles. The SMILES string of the molecule is CCCN(CC1CC1)c1nc2ccccc2cc1CN(C#N)Cc1cc(C(F)(F)F)cc(C(F)(F)F)c1. The highest BCUT2D eigenvalue weighted by Gasteiger charge is 2.37. The van der Waals surface area contributed by atoms with Gasteiger partial charge in [-0.25, -0.2) is 4.98 Å². The van der Waals surface area contributed by atoms with Crippen molar-refractivity contribution in [2.75, 3.05) is 18.0 Å². The number of benzene rings is 2. The smallest absolute Gasteiger partial charge is 0.356 e. The Hall–Kier alpha value is -3.48. The molecule has 0 unspecified atom stereocenters. The first kappa shape index (κ1) is 26.6. The van der Waals surface area contributed by atoms with Gasteiger partial charge >= 0.3 is 12.4 Å². The van der Waals surface area contributed by atoms with Crippen molar-refractivity contribution in [3.63, 3.8) is 0 Å². The second kappa shape index (κ2) is 10.5. The molecule has 4 nitrogen and oxygen atoms in total. The molecule has 0 spiro atoms. The summed E-state index contributed by atoms with van der Waals surface area (Å²) >= 11 is 0. The minimum absolute atomic E-state index is 0.00779. The summed E-state index contributed by atoms with van der Waals surface area (Å²) in [5.41, 5.74) is -1.59. The van der Waals surface area contributed by atoms with E-state index in [0.29, 0.717) is 29.4 Å². The van der Waals surface area contributed by atoms with Crippen LogP contribution in [0.25, 0.3) is 10.9 Å². The third-order valence-electron chi connectivity index (χ3n) is 6.27. The van der Waals surface area contributed by atoms with Crippen LogP contribution in [0, 0.1) is 17.4 Å². The van der Waals surface area contributed by atoms with Gasteiger partial charge < -0.3 is 9.80 Å². The van der Waals surface area contributed by atoms with Crippen molar-refractivity contribution < 1.29 is 26.3 Å². The molecule has 196 valence electrons. The number of nitrogens with zero attached hydrogens (tertiary/aromatic N) is 4. The van der Waals surface area contributed by atoms with Crippen molar-refractivity contribution in [3.05, 3.63) is 70.8 Å². The van der Waals surface area contributed by atoms with Gasteiger partial charge in [0.25, 0.3) is 0 Å². The van der Waals surface area contributed by atoms with Crippen LogP contribution in [0.5, 0.6) is 0 Å². The molecular formula is C27H26F6N4. The van der Waals surface area contributed by atoms with Crippen LogP contribution in [0.1, 0.15) is 48.4 Å². The van der Waals surface area contributed by atoms with Crippen LogP contribution in [-0.4, -0.2) is 23.0 Å². The number of fused-ring (bicyclic) bond motifs is 1. The molecular weight excluding hydrogens is 494 g/mol. The van der Waals surface area contributed by atoms with Crippen molar-refractivity contribution in [3.8, 4) is 6.19 Å². The summed E-state index contributed by atoms with van der Waals surface area (Å²) in [4.78, 5) is 8.18. The summed E-state index contributed by atoms with van der Waals surface area (Å²) in [6.45, 7) is 3.18. The van der Waals surface area contributed by atoms with E-state index < -0.39 is 30.0 Å². The highest BCUT2D eigenvalue weighted by molar-refractivity contribution is 5.81. The minimum Gasteiger partial charge on any atom is -0.356 e. The molecule has 10 heteroatoms. The van der Waals surface area contributed by atoms with Crippen LogP contribution in [0.3, 0.4) is 0 Å². The number of hydrogen-bond acceptors (Lipinski definition) is 4. The Morgan fingerprint density at radius 2 is 1.59 bits per heavy atom. The molecule has 0 N–H and O–H groups in total. The second-order valence-corrected chi connectivity index (χ2v) is 9.42. The lowest BCUT2D eigenvalue weighted by atomic mass is 10.0. The van der Waals surface area contributed by atoms with Gasteiger partial charge in [-0.1, -0.05) is 25.1 Å². The molecule has 3 aromatic rings. The monoisotopic (exact) mass is 520 g/mol. The largest absolute Gasteiger partial charge is 0.416 e. The third kappa shape index (κ3) is 6.64. The number of alkyl halides is 6. The zero-order valence-corrected chi connectivity index (χ0v) is 20.2. The van der Waals surface area contributed by atoms with Gasteiger partial charge in [-0.15, -0.1) is 0 Å². The average Bonchev–Trinajstić information content (AvgIpc) is 3.66. The highest BCUT2D eigenvalue weighted by Crippen LogP contribution is 2.37. The van der Waals surface area contributed by atoms with Gasteiger partial charge in [0.1, 0.15) is 5.82 Å². The highest BCUT2D eigenvalue weighted by atomic mass is 19.4. The first-order valence-electron chi connectivity index (χ1n) is 12.0. The molecule has 1 saturated carbocycles. The Labute approximate surface area is 211 Å². The molecule has 1 aromatic heterocycles. The van der Waals surface area contributed by atoms with Crippen molar-refractivity contribution in [2.45, 2.75) is 51.6 Å². The summed E-state index contributed by atoms with van der Waals surface area (Å²) in [6, 6.07) is 10.8. The Morgan fingerprint density at radius 1 is 0.946 bits per heavy atom. The molecule has 1 fully saturated rings. The zero-order valence-electron chi connectivity index (χ0n) is 20.2. The van der Waals surface area contributed by atoms with Crippen LogP contribution in [0.2, 0.25) is 0 Å². The van der Waals surface area contributed by atoms with Crippen molar-refractivity contribution >= 4 is 16.7 Å². The molecule has 0 bridgehead atoms. The van der Waals surface area contributed by atoms with E-state index in [1.54, 1.807) is 0 Å². The minimum atomic E-state index is -4.95. The number of anilines is 1. The second-order valence-electron chi connectivity index (χ2n) is 9.42. The number of para-hydroxylation sites is 1. The number of rotatable bonds is 9. The normalized spacial score (nSPS) is 14.0. The van der Waals surface area contributed by atoms with Gasteiger partial charge in [-0.05, 0) is 61.1 Å². The number of hydrogen-bond donors (Lipinski definition) is 0. The summed E-state index contributed by atoms with van der Waals surface area (Å²) < 4.78 is 79.9. The number of aromatic nitrogens is 1. The summed E-state index contributed by atoms with van der Waals surface area (Å²) in [6.07, 6.45) is -4.84. The van der Waals surface area contributed by atoms with E-state index in [1.165, 1.54) is 0 Å². The molecule has 1 aliphatic rings. The van der Waals surface area contributed by atoms with Crippen molar-refractivity contribution in [1.29, 1.82) is 5.26 Å². The molecule has 0 atom stereocenters. The van der Waals surface area contributed by atoms with Gasteiger partial charge in [-0.3, -0.25) is 0 Å². The van der Waals surface area contributed by atoms with E-state index in [9.17, 15) is 31.6 Å². The standard InChI is InChI=1S/C27H26F6N4/c1-2-9-37(15-18-7-8-18)25-21(12-20-5-3-4-6-24(20)35-25)16-36(17-34)14-19-10-22(26(28,29)30)13-23(11-19)27(31,32)33/h3-6,10-13,18H,2,7-9,14-16H2,1H3. The van der Waals surface area contributed by atoms with E-state index >= 15 is 0 Å². The molecule has 4 rings (SSSR count). The van der Waals surface area contributed by atoms with Gasteiger partial charge in [0.05, 0.1) is 29.7 Å². The third-order valence-corrected chi connectivity index (χ3v) is 6.27. The zero-order chi connectivity index (χ0) is 26.8. The fourth-order valence-electron chi connectivity index (χ4n) is 4.37. The fourth-order valence-corrected chi connectivity index (χ4v) is 4.37. The van der Waals surface area contributed by atoms with E-state index in [0.717, 1.165) is 48.2 Å². The van der Waals surface area contributed by atoms with E-state index in [-0.39, 0.29) is 18.2 Å². The number of nitriles is 1. The summed E-state index contributed by atoms with van der Waals surface area (Å²) in [7, 11) is 0. The number of halogens is 6. The van der Waals surface area contributed by atoms with Crippen LogP contribution in [0.15, 0.2) is 48.5 Å². The van der Waals surface area contributed by atoms with Gasteiger partial charge in [-0.2, -0.15) is 31.6 Å². The van der Waals surface area contributed by atoms with Gasteiger partial charge in [0.15, 0.2) is 6.19 Å².